The molecule has 0 amide bonds. The molecule has 0 spiro atoms. The third-order valence-electron chi connectivity index (χ3n) is 5.06. The average Bonchev–Trinajstić information content (AvgIpc) is 2.74. The Morgan fingerprint density at radius 2 is 1.93 bits per heavy atom. The molecule has 3 N–H and O–H groups in total. The largest absolute Gasteiger partial charge is 0.402 e. The quantitative estimate of drug-likeness (QED) is 0.209. The zero-order valence-corrected chi connectivity index (χ0v) is 18.2. The number of carbonyl (C=O) groups excluding carboxylic acids is 1. The Hall–Kier alpha value is -2.53. The van der Waals surface area contributed by atoms with Gasteiger partial charge in [0, 0.05) is 23.6 Å². The van der Waals surface area contributed by atoms with Crippen molar-refractivity contribution >= 4 is 11.9 Å². The molecular formula is C24H35N3O2. The Morgan fingerprint density at radius 1 is 1.24 bits per heavy atom. The van der Waals surface area contributed by atoms with Crippen LogP contribution in [0.25, 0.3) is 5.57 Å². The summed E-state index contributed by atoms with van der Waals surface area (Å²) in [7, 11) is 1.74. The Bertz CT molecular complexity index is 733. The number of carbonyl (C=O) groups is 1. The number of hydrogen-bond acceptors (Lipinski definition) is 5. The van der Waals surface area contributed by atoms with Crippen LogP contribution in [-0.4, -0.2) is 19.5 Å². The minimum absolute atomic E-state index is 0.0834. The minimum atomic E-state index is -0.501. The first-order valence-electron chi connectivity index (χ1n) is 10.4. The second-order valence-corrected chi connectivity index (χ2v) is 7.23. The molecule has 29 heavy (non-hydrogen) atoms. The zero-order chi connectivity index (χ0) is 21.6. The third kappa shape index (κ3) is 7.78. The summed E-state index contributed by atoms with van der Waals surface area (Å²) in [4.78, 5) is 22.6. The molecule has 158 valence electrons. The van der Waals surface area contributed by atoms with Gasteiger partial charge in [-0.15, -0.1) is 4.91 Å². The van der Waals surface area contributed by atoms with E-state index in [2.05, 4.69) is 30.4 Å². The highest BCUT2D eigenvalue weighted by Gasteiger charge is 2.21. The summed E-state index contributed by atoms with van der Waals surface area (Å²) in [5, 5.41) is 6.17. The van der Waals surface area contributed by atoms with Gasteiger partial charge in [-0.25, -0.2) is 0 Å². The summed E-state index contributed by atoms with van der Waals surface area (Å²) in [6, 6.07) is 8.08. The van der Waals surface area contributed by atoms with E-state index >= 15 is 0 Å². The number of hydrogen-bond donors (Lipinski definition) is 2. The Kier molecular flexibility index (Phi) is 11.5. The fourth-order valence-electron chi connectivity index (χ4n) is 3.18. The summed E-state index contributed by atoms with van der Waals surface area (Å²) in [5.41, 5.74) is 10.5. The molecule has 1 rings (SSSR count). The Morgan fingerprint density at radius 3 is 2.45 bits per heavy atom. The zero-order valence-electron chi connectivity index (χ0n) is 18.2. The summed E-state index contributed by atoms with van der Waals surface area (Å²) in [6.07, 6.45) is 10.7. The van der Waals surface area contributed by atoms with E-state index in [4.69, 9.17) is 5.73 Å². The maximum absolute atomic E-state index is 11.5. The second-order valence-electron chi connectivity index (χ2n) is 7.23. The molecule has 2 atom stereocenters. The molecule has 0 aliphatic heterocycles. The van der Waals surface area contributed by atoms with Gasteiger partial charge in [-0.2, -0.15) is 0 Å². The van der Waals surface area contributed by atoms with Crippen molar-refractivity contribution in [3.05, 3.63) is 69.8 Å². The number of nitrogens with two attached hydrogens (primary N) is 1. The summed E-state index contributed by atoms with van der Waals surface area (Å²) in [5.74, 6) is -0.0834. The van der Waals surface area contributed by atoms with E-state index < -0.39 is 6.17 Å². The molecule has 0 radical (unpaired) electrons. The van der Waals surface area contributed by atoms with E-state index in [0.29, 0.717) is 17.7 Å². The molecule has 0 aliphatic rings. The van der Waals surface area contributed by atoms with Crippen molar-refractivity contribution in [2.45, 2.75) is 59.0 Å². The van der Waals surface area contributed by atoms with Crippen LogP contribution in [0.2, 0.25) is 0 Å². The van der Waals surface area contributed by atoms with Crippen LogP contribution >= 0.6 is 0 Å². The van der Waals surface area contributed by atoms with E-state index in [1.54, 1.807) is 7.05 Å². The molecule has 0 aliphatic carbocycles. The molecule has 0 bridgehead atoms. The average molecular weight is 398 g/mol. The monoisotopic (exact) mass is 397 g/mol. The molecule has 1 aromatic carbocycles. The number of rotatable bonds is 13. The lowest BCUT2D eigenvalue weighted by Crippen LogP contribution is -2.30. The highest BCUT2D eigenvalue weighted by atomic mass is 16.3. The van der Waals surface area contributed by atoms with Crippen LogP contribution in [0.15, 0.2) is 58.9 Å². The topological polar surface area (TPSA) is 84.6 Å². The Balaban J connectivity index is 3.13. The van der Waals surface area contributed by atoms with E-state index in [9.17, 15) is 9.70 Å². The number of unbranched alkanes of at least 4 members (excludes halogenated alkanes) is 1. The number of benzene rings is 1. The number of nitrogens with one attached hydrogen (secondary N) is 1. The number of allylic oxidation sites excluding steroid dienone is 5. The van der Waals surface area contributed by atoms with Gasteiger partial charge in [0.15, 0.2) is 0 Å². The second kappa shape index (κ2) is 13.6. The predicted molar refractivity (Wildman–Crippen MR) is 122 cm³/mol. The SMILES string of the molecule is CC/C=C\C=C(\c1ccc(C/C(C=O)=C(/N)CCCC)cc1)C(C)C(N=O)NC. The van der Waals surface area contributed by atoms with E-state index in [-0.39, 0.29) is 5.92 Å². The first-order valence-corrected chi connectivity index (χ1v) is 10.4. The van der Waals surface area contributed by atoms with E-state index in [1.807, 2.05) is 43.3 Å². The highest BCUT2D eigenvalue weighted by molar-refractivity contribution is 5.75. The molecule has 0 saturated heterocycles. The van der Waals surface area contributed by atoms with Crippen LogP contribution in [0.1, 0.15) is 57.6 Å². The third-order valence-corrected chi connectivity index (χ3v) is 5.06. The lowest BCUT2D eigenvalue weighted by molar-refractivity contribution is -0.105. The number of aldehydes is 1. The van der Waals surface area contributed by atoms with Gasteiger partial charge in [0.2, 0.25) is 0 Å². The van der Waals surface area contributed by atoms with Gasteiger partial charge in [0.25, 0.3) is 0 Å². The normalized spacial score (nSPS) is 15.1. The van der Waals surface area contributed by atoms with Gasteiger partial charge in [-0.1, -0.05) is 74.9 Å². The van der Waals surface area contributed by atoms with Gasteiger partial charge >= 0.3 is 0 Å². The maximum Gasteiger partial charge on any atom is 0.148 e. The minimum Gasteiger partial charge on any atom is -0.402 e. The van der Waals surface area contributed by atoms with Gasteiger partial charge in [0.05, 0.1) is 0 Å². The molecule has 0 heterocycles. The fourth-order valence-corrected chi connectivity index (χ4v) is 3.18. The van der Waals surface area contributed by atoms with Crippen molar-refractivity contribution < 1.29 is 4.79 Å². The highest BCUT2D eigenvalue weighted by Crippen LogP contribution is 2.27. The van der Waals surface area contributed by atoms with Gasteiger partial charge < -0.3 is 5.73 Å². The lowest BCUT2D eigenvalue weighted by atomic mass is 9.90. The molecule has 5 heteroatoms. The van der Waals surface area contributed by atoms with Gasteiger partial charge in [-0.3, -0.25) is 10.1 Å². The number of nitroso groups, excluding NO2 is 1. The number of nitrogens with zero attached hydrogens (tertiary/aromatic N) is 1. The van der Waals surface area contributed by atoms with Crippen molar-refractivity contribution in [2.24, 2.45) is 16.8 Å². The van der Waals surface area contributed by atoms with Crippen LogP contribution in [0, 0.1) is 10.8 Å². The first kappa shape index (κ1) is 24.5. The van der Waals surface area contributed by atoms with E-state index in [1.165, 1.54) is 0 Å². The lowest BCUT2D eigenvalue weighted by Gasteiger charge is -2.21. The maximum atomic E-state index is 11.5. The molecule has 0 saturated carbocycles. The summed E-state index contributed by atoms with van der Waals surface area (Å²) in [6.45, 7) is 6.17. The van der Waals surface area contributed by atoms with Gasteiger partial charge in [-0.05, 0) is 43.0 Å². The van der Waals surface area contributed by atoms with Crippen LogP contribution in [0.3, 0.4) is 0 Å². The first-order chi connectivity index (χ1) is 14.0. The van der Waals surface area contributed by atoms with Gasteiger partial charge in [0.1, 0.15) is 12.5 Å². The van der Waals surface area contributed by atoms with Crippen molar-refractivity contribution in [3.8, 4) is 0 Å². The van der Waals surface area contributed by atoms with Crippen LogP contribution < -0.4 is 11.1 Å². The van der Waals surface area contributed by atoms with Crippen molar-refractivity contribution in [1.29, 1.82) is 0 Å². The summed E-state index contributed by atoms with van der Waals surface area (Å²) >= 11 is 0. The molecule has 5 nitrogen and oxygen atoms in total. The molecule has 2 unspecified atom stereocenters. The molecule has 0 fully saturated rings. The molecule has 0 aromatic heterocycles. The van der Waals surface area contributed by atoms with Crippen LogP contribution in [0.4, 0.5) is 0 Å². The van der Waals surface area contributed by atoms with Crippen LogP contribution in [0.5, 0.6) is 0 Å². The molecular weight excluding hydrogens is 362 g/mol. The predicted octanol–water partition coefficient (Wildman–Crippen LogP) is 5.13. The standard InChI is InChI=1S/C24H35N3O2/c1-5-7-9-10-22(18(3)24(26-4)27-29)20-14-12-19(13-15-20)16-21(17-28)23(25)11-8-6-2/h7,9-10,12-15,17-18,24,26H,5-6,8,11,16,25H2,1-4H3/b9-7-,22-10+,23-21-. The molecule has 1 aromatic rings. The summed E-state index contributed by atoms with van der Waals surface area (Å²) < 4.78 is 0. The van der Waals surface area contributed by atoms with Crippen molar-refractivity contribution in [3.63, 3.8) is 0 Å². The van der Waals surface area contributed by atoms with Crippen molar-refractivity contribution in [2.75, 3.05) is 7.05 Å². The Labute approximate surface area is 175 Å². The van der Waals surface area contributed by atoms with Crippen molar-refractivity contribution in [1.82, 2.24) is 5.32 Å². The van der Waals surface area contributed by atoms with E-state index in [0.717, 1.165) is 48.7 Å². The fraction of sp³-hybridized carbons (Fsp3) is 0.458. The smallest absolute Gasteiger partial charge is 0.148 e. The van der Waals surface area contributed by atoms with Crippen LogP contribution in [-0.2, 0) is 11.2 Å².